The first-order chi connectivity index (χ1) is 16.5. The van der Waals surface area contributed by atoms with Gasteiger partial charge in [0.1, 0.15) is 24.1 Å². The molecular weight excluding hydrogens is 470 g/mol. The first kappa shape index (κ1) is 28.0. The van der Waals surface area contributed by atoms with Gasteiger partial charge >= 0.3 is 0 Å². The van der Waals surface area contributed by atoms with Crippen LogP contribution in [0, 0.1) is 0 Å². The zero-order valence-corrected chi connectivity index (χ0v) is 22.0. The van der Waals surface area contributed by atoms with Gasteiger partial charge in [-0.2, -0.15) is 0 Å². The Balaban J connectivity index is 2.44. The summed E-state index contributed by atoms with van der Waals surface area (Å²) in [6, 6.07) is 12.8. The smallest absolute Gasteiger partial charge is 0.244 e. The molecule has 2 aromatic carbocycles. The topological polar surface area (TPSA) is 105 Å². The lowest BCUT2D eigenvalue weighted by Crippen LogP contribution is -2.52. The van der Waals surface area contributed by atoms with Gasteiger partial charge in [-0.1, -0.05) is 31.2 Å². The average Bonchev–Trinajstić information content (AvgIpc) is 2.84. The number of nitrogens with zero attached hydrogens (tertiary/aromatic N) is 2. The molecule has 0 unspecified atom stereocenters. The van der Waals surface area contributed by atoms with Gasteiger partial charge in [-0.15, -0.1) is 0 Å². The minimum atomic E-state index is -3.85. The van der Waals surface area contributed by atoms with Crippen LogP contribution in [0.2, 0.25) is 0 Å². The fourth-order valence-corrected chi connectivity index (χ4v) is 4.30. The van der Waals surface area contributed by atoms with Crippen LogP contribution in [0.15, 0.2) is 48.5 Å². The lowest BCUT2D eigenvalue weighted by atomic mass is 10.1. The van der Waals surface area contributed by atoms with Crippen LogP contribution in [0.4, 0.5) is 5.69 Å². The maximum atomic E-state index is 13.6. The van der Waals surface area contributed by atoms with Gasteiger partial charge in [-0.05, 0) is 50.1 Å². The second-order valence-corrected chi connectivity index (χ2v) is 10.2. The number of amides is 2. The van der Waals surface area contributed by atoms with Gasteiger partial charge in [0, 0.05) is 12.6 Å². The van der Waals surface area contributed by atoms with E-state index in [-0.39, 0.29) is 24.2 Å². The second-order valence-electron chi connectivity index (χ2n) is 8.31. The summed E-state index contributed by atoms with van der Waals surface area (Å²) >= 11 is 0. The summed E-state index contributed by atoms with van der Waals surface area (Å²) in [5, 5.41) is 2.90. The van der Waals surface area contributed by atoms with Gasteiger partial charge in [0.25, 0.3) is 0 Å². The van der Waals surface area contributed by atoms with Gasteiger partial charge in [0.05, 0.1) is 26.2 Å². The molecular formula is C25H35N3O6S. The van der Waals surface area contributed by atoms with E-state index in [1.54, 1.807) is 56.5 Å². The van der Waals surface area contributed by atoms with E-state index in [1.807, 2.05) is 19.9 Å². The van der Waals surface area contributed by atoms with Crippen molar-refractivity contribution in [1.29, 1.82) is 0 Å². The van der Waals surface area contributed by atoms with E-state index in [2.05, 4.69) is 5.32 Å². The van der Waals surface area contributed by atoms with Crippen molar-refractivity contribution in [2.24, 2.45) is 0 Å². The van der Waals surface area contributed by atoms with Crippen molar-refractivity contribution in [2.75, 3.05) is 31.3 Å². The van der Waals surface area contributed by atoms with Crippen LogP contribution in [0.5, 0.6) is 11.5 Å². The van der Waals surface area contributed by atoms with E-state index in [1.165, 1.54) is 12.0 Å². The monoisotopic (exact) mass is 505 g/mol. The van der Waals surface area contributed by atoms with E-state index in [0.29, 0.717) is 11.5 Å². The Morgan fingerprint density at radius 3 is 2.31 bits per heavy atom. The lowest BCUT2D eigenvalue weighted by molar-refractivity contribution is -0.139. The number of hydrogen-bond acceptors (Lipinski definition) is 6. The van der Waals surface area contributed by atoms with Crippen molar-refractivity contribution in [3.05, 3.63) is 54.1 Å². The highest BCUT2D eigenvalue weighted by atomic mass is 32.2. The summed E-state index contributed by atoms with van der Waals surface area (Å²) in [6.45, 7) is 5.06. The Morgan fingerprint density at radius 1 is 1.03 bits per heavy atom. The van der Waals surface area contributed by atoms with Crippen LogP contribution in [-0.4, -0.2) is 64.2 Å². The molecule has 2 aromatic rings. The highest BCUT2D eigenvalue weighted by molar-refractivity contribution is 7.92. The molecule has 2 atom stereocenters. The number of nitrogens with one attached hydrogen (secondary N) is 1. The number of carbonyl (C=O) groups is 2. The Morgan fingerprint density at radius 2 is 1.71 bits per heavy atom. The van der Waals surface area contributed by atoms with Gasteiger partial charge in [-0.25, -0.2) is 8.42 Å². The molecule has 0 spiro atoms. The minimum Gasteiger partial charge on any atom is -0.497 e. The molecule has 192 valence electrons. The molecule has 0 saturated heterocycles. The third kappa shape index (κ3) is 7.61. The quantitative estimate of drug-likeness (QED) is 0.476. The van der Waals surface area contributed by atoms with Gasteiger partial charge in [-0.3, -0.25) is 13.9 Å². The molecule has 0 aliphatic rings. The van der Waals surface area contributed by atoms with Crippen LogP contribution in [0.25, 0.3) is 0 Å². The van der Waals surface area contributed by atoms with E-state index in [9.17, 15) is 18.0 Å². The van der Waals surface area contributed by atoms with Crippen LogP contribution in [-0.2, 0) is 26.2 Å². The number of carbonyl (C=O) groups excluding carboxylic acids is 2. The maximum Gasteiger partial charge on any atom is 0.244 e. The fraction of sp³-hybridized carbons (Fsp3) is 0.440. The van der Waals surface area contributed by atoms with Crippen LogP contribution in [0.3, 0.4) is 0 Å². The molecule has 10 heteroatoms. The largest absolute Gasteiger partial charge is 0.497 e. The number of anilines is 1. The summed E-state index contributed by atoms with van der Waals surface area (Å²) in [4.78, 5) is 27.9. The molecule has 0 aliphatic heterocycles. The number of para-hydroxylation sites is 2. The third-order valence-electron chi connectivity index (χ3n) is 5.69. The average molecular weight is 506 g/mol. The molecule has 9 nitrogen and oxygen atoms in total. The van der Waals surface area contributed by atoms with Gasteiger partial charge in [0.15, 0.2) is 0 Å². The summed E-state index contributed by atoms with van der Waals surface area (Å²) in [7, 11) is -0.875. The SMILES string of the molecule is CC[C@@H](C)NC(=O)[C@@H](C)N(Cc1cccc(OC)c1)C(=O)CN(c1ccccc1OC)S(C)(=O)=O. The zero-order valence-electron chi connectivity index (χ0n) is 21.1. The van der Waals surface area contributed by atoms with E-state index < -0.39 is 28.5 Å². The number of rotatable bonds is 12. The van der Waals surface area contributed by atoms with E-state index in [4.69, 9.17) is 9.47 Å². The van der Waals surface area contributed by atoms with Crippen LogP contribution < -0.4 is 19.1 Å². The first-order valence-electron chi connectivity index (χ1n) is 11.3. The summed E-state index contributed by atoms with van der Waals surface area (Å²) in [6.07, 6.45) is 1.76. The standard InChI is InChI=1S/C25H35N3O6S/c1-7-18(2)26-25(30)19(3)27(16-20-11-10-12-21(15-20)33-4)24(29)17-28(35(6,31)32)22-13-8-9-14-23(22)34-5/h8-15,18-19H,7,16-17H2,1-6H3,(H,26,30)/t18-,19-/m1/s1. The predicted octanol–water partition coefficient (Wildman–Crippen LogP) is 2.80. The maximum absolute atomic E-state index is 13.6. The van der Waals surface area contributed by atoms with Crippen molar-refractivity contribution in [2.45, 2.75) is 45.8 Å². The number of sulfonamides is 1. The minimum absolute atomic E-state index is 0.0696. The zero-order chi connectivity index (χ0) is 26.2. The Bertz CT molecular complexity index is 1120. The molecule has 0 bridgehead atoms. The van der Waals surface area contributed by atoms with Crippen molar-refractivity contribution in [3.63, 3.8) is 0 Å². The second kappa shape index (κ2) is 12.4. The Hall–Kier alpha value is -3.27. The molecule has 0 saturated carbocycles. The molecule has 2 amide bonds. The van der Waals surface area contributed by atoms with Crippen LogP contribution >= 0.6 is 0 Å². The number of benzene rings is 2. The fourth-order valence-electron chi connectivity index (χ4n) is 3.45. The van der Waals surface area contributed by atoms with Crippen molar-refractivity contribution in [3.8, 4) is 11.5 Å². The predicted molar refractivity (Wildman–Crippen MR) is 136 cm³/mol. The molecule has 0 fully saturated rings. The summed E-state index contributed by atoms with van der Waals surface area (Å²) in [5.74, 6) is 0.0702. The van der Waals surface area contributed by atoms with Crippen molar-refractivity contribution in [1.82, 2.24) is 10.2 Å². The van der Waals surface area contributed by atoms with E-state index >= 15 is 0 Å². The van der Waals surface area contributed by atoms with E-state index in [0.717, 1.165) is 22.5 Å². The Kier molecular flexibility index (Phi) is 9.94. The molecule has 0 aromatic heterocycles. The van der Waals surface area contributed by atoms with Gasteiger partial charge < -0.3 is 19.7 Å². The first-order valence-corrected chi connectivity index (χ1v) is 13.2. The van der Waals surface area contributed by atoms with Gasteiger partial charge in [0.2, 0.25) is 21.8 Å². The van der Waals surface area contributed by atoms with Crippen molar-refractivity contribution >= 4 is 27.5 Å². The molecule has 0 radical (unpaired) electrons. The summed E-state index contributed by atoms with van der Waals surface area (Å²) in [5.41, 5.74) is 0.980. The normalized spacial score (nSPS) is 12.9. The summed E-state index contributed by atoms with van der Waals surface area (Å²) < 4.78 is 37.0. The lowest BCUT2D eigenvalue weighted by Gasteiger charge is -2.32. The molecule has 0 heterocycles. The number of hydrogen-bond donors (Lipinski definition) is 1. The highest BCUT2D eigenvalue weighted by Crippen LogP contribution is 2.29. The number of ether oxygens (including phenoxy) is 2. The van der Waals surface area contributed by atoms with Crippen LogP contribution in [0.1, 0.15) is 32.8 Å². The van der Waals surface area contributed by atoms with Crippen molar-refractivity contribution < 1.29 is 27.5 Å². The Labute approximate surface area is 208 Å². The molecule has 35 heavy (non-hydrogen) atoms. The molecule has 1 N–H and O–H groups in total. The third-order valence-corrected chi connectivity index (χ3v) is 6.81. The molecule has 0 aliphatic carbocycles. The molecule has 2 rings (SSSR count). The number of methoxy groups -OCH3 is 2. The highest BCUT2D eigenvalue weighted by Gasteiger charge is 2.31.